The maximum Gasteiger partial charge on any atom is 0.292 e. The van der Waals surface area contributed by atoms with Crippen molar-refractivity contribution >= 4 is 22.0 Å². The van der Waals surface area contributed by atoms with Gasteiger partial charge in [-0.2, -0.15) is 4.99 Å². The fourth-order valence-electron chi connectivity index (χ4n) is 1.73. The van der Waals surface area contributed by atoms with Gasteiger partial charge in [-0.15, -0.1) is 10.9 Å². The van der Waals surface area contributed by atoms with Gasteiger partial charge >= 0.3 is 0 Å². The second kappa shape index (κ2) is 4.75. The highest BCUT2D eigenvalue weighted by atomic mass is 32.2. The average molecular weight is 262 g/mol. The van der Waals surface area contributed by atoms with E-state index in [2.05, 4.69) is 4.99 Å². The first-order valence-electron chi connectivity index (χ1n) is 5.01. The van der Waals surface area contributed by atoms with Crippen molar-refractivity contribution < 1.29 is 24.9 Å². The second-order valence-electron chi connectivity index (χ2n) is 3.77. The Balaban J connectivity index is 2.15. The van der Waals surface area contributed by atoms with Gasteiger partial charge in [-0.1, -0.05) is 0 Å². The first kappa shape index (κ1) is 12.5. The predicted octanol–water partition coefficient (Wildman–Crippen LogP) is -1.57. The summed E-state index contributed by atoms with van der Waals surface area (Å²) in [5, 5.41) is 29.4. The summed E-state index contributed by atoms with van der Waals surface area (Å²) in [4.78, 5) is 15.2. The van der Waals surface area contributed by atoms with Crippen molar-refractivity contribution in [3.63, 3.8) is 0 Å². The topological polar surface area (TPSA) is 125 Å². The van der Waals surface area contributed by atoms with Crippen LogP contribution < -0.4 is 5.73 Å². The number of aliphatic imine (C=N–C) groups is 1. The van der Waals surface area contributed by atoms with Crippen molar-refractivity contribution in [2.24, 2.45) is 10.7 Å². The molecule has 2 aliphatic rings. The molecule has 0 spiro atoms. The number of amidine groups is 1. The number of rotatable bonds is 2. The van der Waals surface area contributed by atoms with Crippen LogP contribution in [0.3, 0.4) is 0 Å². The number of aliphatic hydroxyl groups excluding tert-OH is 3. The molecule has 0 radical (unpaired) electrons. The van der Waals surface area contributed by atoms with Crippen LogP contribution in [0.15, 0.2) is 16.5 Å². The molecule has 17 heavy (non-hydrogen) atoms. The molecular weight excluding hydrogens is 248 g/mol. The molecule has 96 valence electrons. The van der Waals surface area contributed by atoms with Crippen molar-refractivity contribution in [1.82, 2.24) is 0 Å². The molecule has 8 heteroatoms. The molecule has 0 aromatic heterocycles. The summed E-state index contributed by atoms with van der Waals surface area (Å²) >= 11 is 0. The summed E-state index contributed by atoms with van der Waals surface area (Å²) in [5.74, 6) is 0.112. The third-order valence-corrected chi connectivity index (χ3v) is 4.63. The number of ether oxygens (including phenoxy) is 1. The minimum Gasteiger partial charge on any atom is -0.394 e. The molecule has 0 bridgehead atoms. The zero-order chi connectivity index (χ0) is 12.6. The summed E-state index contributed by atoms with van der Waals surface area (Å²) in [5.41, 5.74) is 4.51. The average Bonchev–Trinajstić information content (AvgIpc) is 2.57. The lowest BCUT2D eigenvalue weighted by Crippen LogP contribution is -2.34. The standard InChI is InChI=1S/C9H14N2O5S/c10-5-1-2-17(9(15)11-5)8-7(14)6(13)4(3-12)16-8/h1-2,4,6-8,12-14,17H,3H2,(H2,10,11,15)/t4-,6-,7-,8+/m1/s1. The number of aliphatic hydroxyl groups is 3. The van der Waals surface area contributed by atoms with Crippen LogP contribution in [0.5, 0.6) is 0 Å². The smallest absolute Gasteiger partial charge is 0.292 e. The Bertz CT molecular complexity index is 386. The minimum atomic E-state index is -1.49. The maximum absolute atomic E-state index is 11.6. The van der Waals surface area contributed by atoms with Gasteiger partial charge < -0.3 is 25.8 Å². The molecule has 7 nitrogen and oxygen atoms in total. The Morgan fingerprint density at radius 3 is 2.71 bits per heavy atom. The van der Waals surface area contributed by atoms with E-state index in [1.54, 1.807) is 5.41 Å². The van der Waals surface area contributed by atoms with Gasteiger partial charge in [-0.3, -0.25) is 4.79 Å². The molecule has 0 aromatic rings. The predicted molar refractivity (Wildman–Crippen MR) is 62.9 cm³/mol. The van der Waals surface area contributed by atoms with E-state index >= 15 is 0 Å². The van der Waals surface area contributed by atoms with E-state index in [1.165, 1.54) is 6.08 Å². The van der Waals surface area contributed by atoms with Crippen LogP contribution in [0.25, 0.3) is 0 Å². The van der Waals surface area contributed by atoms with Gasteiger partial charge in [-0.05, 0) is 11.5 Å². The second-order valence-corrected chi connectivity index (χ2v) is 5.78. The maximum atomic E-state index is 11.6. The first-order valence-corrected chi connectivity index (χ1v) is 6.49. The molecule has 0 aliphatic carbocycles. The van der Waals surface area contributed by atoms with Crippen LogP contribution in [0.2, 0.25) is 0 Å². The number of hydrogen-bond acceptors (Lipinski definition) is 6. The lowest BCUT2D eigenvalue weighted by molar-refractivity contribution is -0.00814. The van der Waals surface area contributed by atoms with Crippen LogP contribution in [-0.2, 0) is 4.74 Å². The molecule has 1 unspecified atom stereocenters. The molecule has 1 amide bonds. The van der Waals surface area contributed by atoms with Gasteiger partial charge in [0.05, 0.1) is 6.61 Å². The quantitative estimate of drug-likeness (QED) is 0.383. The zero-order valence-electron chi connectivity index (χ0n) is 8.80. The fraction of sp³-hybridized carbons (Fsp3) is 0.556. The summed E-state index contributed by atoms with van der Waals surface area (Å²) in [7, 11) is -1.49. The van der Waals surface area contributed by atoms with Gasteiger partial charge in [0, 0.05) is 0 Å². The van der Waals surface area contributed by atoms with Gasteiger partial charge in [0.1, 0.15) is 29.6 Å². The van der Waals surface area contributed by atoms with Gasteiger partial charge in [0.25, 0.3) is 5.24 Å². The Morgan fingerprint density at radius 1 is 1.47 bits per heavy atom. The molecule has 2 rings (SSSR count). The third-order valence-electron chi connectivity index (χ3n) is 2.64. The number of amides is 1. The van der Waals surface area contributed by atoms with Crippen molar-refractivity contribution in [1.29, 1.82) is 0 Å². The monoisotopic (exact) mass is 262 g/mol. The Labute approximate surface area is 99.9 Å². The van der Waals surface area contributed by atoms with Crippen LogP contribution in [0.1, 0.15) is 0 Å². The van der Waals surface area contributed by atoms with E-state index in [1.807, 2.05) is 0 Å². The van der Waals surface area contributed by atoms with Gasteiger partial charge in [-0.25, -0.2) is 0 Å². The van der Waals surface area contributed by atoms with E-state index in [4.69, 9.17) is 15.6 Å². The van der Waals surface area contributed by atoms with E-state index in [9.17, 15) is 15.0 Å². The SMILES string of the molecule is NC1=NC(=O)[SH]([C@@H]2O[C@H](CO)[C@@H](O)[C@H]2O)C=C1. The van der Waals surface area contributed by atoms with E-state index in [0.717, 1.165) is 0 Å². The van der Waals surface area contributed by atoms with Crippen LogP contribution in [0, 0.1) is 0 Å². The van der Waals surface area contributed by atoms with E-state index in [0.29, 0.717) is 0 Å². The van der Waals surface area contributed by atoms with Crippen LogP contribution in [-0.4, -0.2) is 56.7 Å². The summed E-state index contributed by atoms with van der Waals surface area (Å²) < 4.78 is 5.28. The van der Waals surface area contributed by atoms with Gasteiger partial charge in [0.15, 0.2) is 0 Å². The number of hydrogen-bond donors (Lipinski definition) is 5. The third kappa shape index (κ3) is 2.22. The molecule has 0 saturated carbocycles. The van der Waals surface area contributed by atoms with Crippen molar-refractivity contribution in [2.45, 2.75) is 23.7 Å². The van der Waals surface area contributed by atoms with Gasteiger partial charge in [0.2, 0.25) is 0 Å². The lowest BCUT2D eigenvalue weighted by Gasteiger charge is -2.25. The number of thiol groups is 1. The molecule has 5 N–H and O–H groups in total. The van der Waals surface area contributed by atoms with Crippen molar-refractivity contribution in [3.05, 3.63) is 11.5 Å². The summed E-state index contributed by atoms with van der Waals surface area (Å²) in [6.07, 6.45) is -1.80. The highest BCUT2D eigenvalue weighted by Crippen LogP contribution is 2.44. The largest absolute Gasteiger partial charge is 0.394 e. The van der Waals surface area contributed by atoms with Crippen LogP contribution in [0.4, 0.5) is 4.79 Å². The Morgan fingerprint density at radius 2 is 2.18 bits per heavy atom. The molecule has 1 fully saturated rings. The highest BCUT2D eigenvalue weighted by Gasteiger charge is 2.46. The molecule has 1 saturated heterocycles. The first-order chi connectivity index (χ1) is 8.04. The van der Waals surface area contributed by atoms with Crippen molar-refractivity contribution in [3.8, 4) is 0 Å². The number of carbonyl (C=O) groups is 1. The molecule has 2 aliphatic heterocycles. The summed E-state index contributed by atoms with van der Waals surface area (Å²) in [6.45, 7) is -0.415. The van der Waals surface area contributed by atoms with E-state index < -0.39 is 46.5 Å². The fourth-order valence-corrected chi connectivity index (χ4v) is 3.58. The number of nitrogens with zero attached hydrogens (tertiary/aromatic N) is 1. The minimum absolute atomic E-state index is 0.112. The Hall–Kier alpha value is -0.930. The van der Waals surface area contributed by atoms with Crippen LogP contribution >= 0.6 is 10.9 Å². The summed E-state index contributed by atoms with van der Waals surface area (Å²) in [6, 6.07) is 0. The normalized spacial score (nSPS) is 43.8. The lowest BCUT2D eigenvalue weighted by atomic mass is 10.2. The highest BCUT2D eigenvalue weighted by molar-refractivity contribution is 8.32. The van der Waals surface area contributed by atoms with Crippen molar-refractivity contribution in [2.75, 3.05) is 6.61 Å². The Kier molecular flexibility index (Phi) is 3.50. The molecular formula is C9H14N2O5S. The van der Waals surface area contributed by atoms with E-state index in [-0.39, 0.29) is 5.84 Å². The molecule has 5 atom stereocenters. The number of carbonyl (C=O) groups excluding carboxylic acids is 1. The number of nitrogens with two attached hydrogens (primary N) is 1. The molecule has 0 aromatic carbocycles. The zero-order valence-corrected chi connectivity index (χ0v) is 9.70. The molecule has 2 heterocycles.